The van der Waals surface area contributed by atoms with Crippen molar-refractivity contribution in [3.8, 4) is 10.4 Å². The molecule has 0 bridgehead atoms. The molecule has 0 atom stereocenters. The third-order valence-corrected chi connectivity index (χ3v) is 5.87. The molecule has 7 nitrogen and oxygen atoms in total. The fraction of sp³-hybridized carbons (Fsp3) is 0.130. The number of rotatable bonds is 6. The zero-order valence-corrected chi connectivity index (χ0v) is 17.4. The van der Waals surface area contributed by atoms with Crippen molar-refractivity contribution in [3.05, 3.63) is 76.7 Å². The van der Waals surface area contributed by atoms with E-state index in [0.717, 1.165) is 15.3 Å². The largest absolute Gasteiger partial charge is 0.462 e. The Hall–Kier alpha value is -3.78. The molecule has 3 amide bonds. The van der Waals surface area contributed by atoms with Crippen LogP contribution < -0.4 is 5.32 Å². The van der Waals surface area contributed by atoms with Gasteiger partial charge in [-0.2, -0.15) is 0 Å². The van der Waals surface area contributed by atoms with E-state index in [9.17, 15) is 19.2 Å². The van der Waals surface area contributed by atoms with Crippen molar-refractivity contribution in [2.24, 2.45) is 0 Å². The number of carbonyl (C=O) groups is 4. The van der Waals surface area contributed by atoms with Crippen LogP contribution in [0.1, 0.15) is 37.3 Å². The molecule has 1 aliphatic heterocycles. The molecule has 0 saturated carbocycles. The number of hydrogen-bond acceptors (Lipinski definition) is 6. The van der Waals surface area contributed by atoms with Crippen LogP contribution in [0.3, 0.4) is 0 Å². The molecule has 1 N–H and O–H groups in total. The molecule has 3 aromatic rings. The number of amides is 3. The van der Waals surface area contributed by atoms with Gasteiger partial charge in [-0.3, -0.25) is 19.3 Å². The predicted octanol–water partition coefficient (Wildman–Crippen LogP) is 3.83. The van der Waals surface area contributed by atoms with Crippen LogP contribution >= 0.6 is 11.3 Å². The smallest absolute Gasteiger partial charge is 0.350 e. The Morgan fingerprint density at radius 2 is 1.58 bits per heavy atom. The van der Waals surface area contributed by atoms with Crippen molar-refractivity contribution in [1.29, 1.82) is 0 Å². The van der Waals surface area contributed by atoms with E-state index in [1.807, 2.05) is 30.3 Å². The minimum atomic E-state index is -0.586. The zero-order chi connectivity index (χ0) is 22.0. The first-order chi connectivity index (χ1) is 15.0. The van der Waals surface area contributed by atoms with E-state index >= 15 is 0 Å². The average molecular weight is 434 g/mol. The molecule has 1 aromatic heterocycles. The number of carbonyl (C=O) groups excluding carboxylic acids is 4. The maximum absolute atomic E-state index is 12.7. The number of fused-ring (bicyclic) bond motifs is 1. The molecule has 0 aliphatic carbocycles. The molecule has 1 aliphatic rings. The molecule has 0 radical (unpaired) electrons. The lowest BCUT2D eigenvalue weighted by Gasteiger charge is -2.13. The number of hydrogen-bond donors (Lipinski definition) is 1. The lowest BCUT2D eigenvalue weighted by Crippen LogP contribution is -2.37. The Morgan fingerprint density at radius 1 is 0.968 bits per heavy atom. The first-order valence-corrected chi connectivity index (χ1v) is 10.4. The lowest BCUT2D eigenvalue weighted by atomic mass is 10.1. The van der Waals surface area contributed by atoms with Crippen LogP contribution in [0.4, 0.5) is 5.69 Å². The predicted molar refractivity (Wildman–Crippen MR) is 116 cm³/mol. The van der Waals surface area contributed by atoms with E-state index in [1.54, 1.807) is 37.3 Å². The summed E-state index contributed by atoms with van der Waals surface area (Å²) in [6, 6.07) is 17.5. The van der Waals surface area contributed by atoms with Gasteiger partial charge in [0.1, 0.15) is 11.4 Å². The number of imide groups is 1. The van der Waals surface area contributed by atoms with Crippen molar-refractivity contribution in [3.63, 3.8) is 0 Å². The van der Waals surface area contributed by atoms with Gasteiger partial charge in [0.05, 0.1) is 23.4 Å². The summed E-state index contributed by atoms with van der Waals surface area (Å²) in [7, 11) is 0. The quantitative estimate of drug-likeness (QED) is 0.470. The standard InChI is InChI=1S/C23H18N2O5S/c1-2-30-23(29)20-17(12-18(31-20)14-8-4-3-5-9-14)24-19(26)13-25-21(27)15-10-6-7-11-16(15)22(25)28/h3-12H,2,13H2,1H3,(H,24,26). The third kappa shape index (κ3) is 3.97. The maximum atomic E-state index is 12.7. The van der Waals surface area contributed by atoms with Gasteiger partial charge in [0.2, 0.25) is 5.91 Å². The van der Waals surface area contributed by atoms with Crippen molar-refractivity contribution in [2.45, 2.75) is 6.92 Å². The van der Waals surface area contributed by atoms with Crippen molar-refractivity contribution < 1.29 is 23.9 Å². The van der Waals surface area contributed by atoms with E-state index in [-0.39, 0.29) is 28.3 Å². The van der Waals surface area contributed by atoms with Gasteiger partial charge in [0.25, 0.3) is 11.8 Å². The van der Waals surface area contributed by atoms with E-state index in [1.165, 1.54) is 11.3 Å². The number of nitrogens with one attached hydrogen (secondary N) is 1. The van der Waals surface area contributed by atoms with Crippen LogP contribution in [0.5, 0.6) is 0 Å². The summed E-state index contributed by atoms with van der Waals surface area (Å²) >= 11 is 1.20. The van der Waals surface area contributed by atoms with E-state index in [2.05, 4.69) is 5.32 Å². The van der Waals surface area contributed by atoms with Gasteiger partial charge in [0, 0.05) is 4.88 Å². The normalized spacial score (nSPS) is 12.6. The second kappa shape index (κ2) is 8.53. The number of anilines is 1. The van der Waals surface area contributed by atoms with Gasteiger partial charge in [-0.05, 0) is 30.7 Å². The van der Waals surface area contributed by atoms with Gasteiger partial charge in [-0.25, -0.2) is 4.79 Å². The fourth-order valence-corrected chi connectivity index (χ4v) is 4.31. The van der Waals surface area contributed by atoms with Crippen molar-refractivity contribution in [2.75, 3.05) is 18.5 Å². The van der Waals surface area contributed by atoms with E-state index in [0.29, 0.717) is 0 Å². The van der Waals surface area contributed by atoms with Crippen LogP contribution in [0.2, 0.25) is 0 Å². The molecule has 2 aromatic carbocycles. The molecule has 2 heterocycles. The molecular formula is C23H18N2O5S. The second-order valence-electron chi connectivity index (χ2n) is 6.73. The highest BCUT2D eigenvalue weighted by Crippen LogP contribution is 2.35. The molecule has 156 valence electrons. The molecular weight excluding hydrogens is 416 g/mol. The number of benzene rings is 2. The third-order valence-electron chi connectivity index (χ3n) is 4.71. The molecule has 0 spiro atoms. The summed E-state index contributed by atoms with van der Waals surface area (Å²) in [4.78, 5) is 52.0. The average Bonchev–Trinajstić information content (AvgIpc) is 3.30. The summed E-state index contributed by atoms with van der Waals surface area (Å²) in [6.07, 6.45) is 0. The molecule has 4 rings (SSSR count). The minimum Gasteiger partial charge on any atom is -0.462 e. The van der Waals surface area contributed by atoms with Crippen molar-refractivity contribution in [1.82, 2.24) is 4.90 Å². The summed E-state index contributed by atoms with van der Waals surface area (Å²) < 4.78 is 5.11. The van der Waals surface area contributed by atoms with Crippen LogP contribution in [0.15, 0.2) is 60.7 Å². The Bertz CT molecular complexity index is 1150. The summed E-state index contributed by atoms with van der Waals surface area (Å²) in [5.41, 5.74) is 1.71. The molecule has 8 heteroatoms. The van der Waals surface area contributed by atoms with Gasteiger partial charge >= 0.3 is 5.97 Å². The van der Waals surface area contributed by atoms with Crippen molar-refractivity contribution >= 4 is 40.7 Å². The highest BCUT2D eigenvalue weighted by Gasteiger charge is 2.36. The second-order valence-corrected chi connectivity index (χ2v) is 7.78. The van der Waals surface area contributed by atoms with Gasteiger partial charge in [-0.15, -0.1) is 11.3 Å². The zero-order valence-electron chi connectivity index (χ0n) is 16.6. The number of esters is 1. The number of nitrogens with zero attached hydrogens (tertiary/aromatic N) is 1. The van der Waals surface area contributed by atoms with Gasteiger partial charge < -0.3 is 10.1 Å². The van der Waals surface area contributed by atoms with Gasteiger partial charge in [0.15, 0.2) is 0 Å². The Morgan fingerprint density at radius 3 is 2.19 bits per heavy atom. The summed E-state index contributed by atoms with van der Waals surface area (Å²) in [6.45, 7) is 1.44. The topological polar surface area (TPSA) is 92.8 Å². The Kier molecular flexibility index (Phi) is 5.64. The highest BCUT2D eigenvalue weighted by molar-refractivity contribution is 7.18. The van der Waals surface area contributed by atoms with Crippen LogP contribution in [-0.2, 0) is 9.53 Å². The maximum Gasteiger partial charge on any atom is 0.350 e. The first-order valence-electron chi connectivity index (χ1n) is 9.61. The van der Waals surface area contributed by atoms with E-state index in [4.69, 9.17) is 4.74 Å². The Balaban J connectivity index is 1.56. The first kappa shape index (κ1) is 20.5. The van der Waals surface area contributed by atoms with Crippen LogP contribution in [0.25, 0.3) is 10.4 Å². The summed E-state index contributed by atoms with van der Waals surface area (Å²) in [5.74, 6) is -2.17. The Labute approximate surface area is 182 Å². The number of ether oxygens (including phenoxy) is 1. The lowest BCUT2D eigenvalue weighted by molar-refractivity contribution is -0.116. The molecule has 0 unspecified atom stereocenters. The van der Waals surface area contributed by atoms with E-state index < -0.39 is 30.2 Å². The molecule has 0 fully saturated rings. The minimum absolute atomic E-state index is 0.194. The van der Waals surface area contributed by atoms with Crippen LogP contribution in [-0.4, -0.2) is 41.7 Å². The molecule has 0 saturated heterocycles. The van der Waals surface area contributed by atoms with Gasteiger partial charge in [-0.1, -0.05) is 42.5 Å². The summed E-state index contributed by atoms with van der Waals surface area (Å²) in [5, 5.41) is 2.66. The fourth-order valence-electron chi connectivity index (χ4n) is 3.29. The monoisotopic (exact) mass is 434 g/mol. The molecule has 31 heavy (non-hydrogen) atoms. The highest BCUT2D eigenvalue weighted by atomic mass is 32.1. The number of thiophene rings is 1. The van der Waals surface area contributed by atoms with Crippen LogP contribution in [0, 0.1) is 0 Å². The SMILES string of the molecule is CCOC(=O)c1sc(-c2ccccc2)cc1NC(=O)CN1C(=O)c2ccccc2C1=O.